The largest absolute Gasteiger partial charge is 0.424 e. The molecule has 6 nitrogen and oxygen atoms in total. The van der Waals surface area contributed by atoms with Gasteiger partial charge in [-0.25, -0.2) is 0 Å². The first-order chi connectivity index (χ1) is 16.9. The normalized spacial score (nSPS) is 10.4. The maximum absolute atomic E-state index is 5.91. The molecule has 0 amide bonds. The van der Waals surface area contributed by atoms with Crippen molar-refractivity contribution >= 4 is 6.08 Å². The summed E-state index contributed by atoms with van der Waals surface area (Å²) < 4.78 is 17.6. The van der Waals surface area contributed by atoms with Crippen molar-refractivity contribution < 1.29 is 14.2 Å². The Morgan fingerprint density at radius 1 is 0.657 bits per heavy atom. The van der Waals surface area contributed by atoms with E-state index >= 15 is 0 Å². The molecule has 0 aliphatic carbocycles. The van der Waals surface area contributed by atoms with Crippen molar-refractivity contribution in [3.63, 3.8) is 0 Å². The number of rotatable bonds is 9. The molecule has 1 heterocycles. The third-order valence-electron chi connectivity index (χ3n) is 4.71. The van der Waals surface area contributed by atoms with Crippen LogP contribution in [0, 0.1) is 0 Å². The molecule has 4 aromatic rings. The lowest BCUT2D eigenvalue weighted by Gasteiger charge is -2.10. The van der Waals surface area contributed by atoms with Crippen molar-refractivity contribution in [2.75, 3.05) is 0 Å². The Balaban J connectivity index is 1.58. The van der Waals surface area contributed by atoms with Gasteiger partial charge in [0.25, 0.3) is 0 Å². The van der Waals surface area contributed by atoms with Crippen LogP contribution in [0.2, 0.25) is 0 Å². The van der Waals surface area contributed by atoms with E-state index in [1.807, 2.05) is 85.8 Å². The lowest BCUT2D eigenvalue weighted by atomic mass is 10.1. The molecule has 0 bridgehead atoms. The summed E-state index contributed by atoms with van der Waals surface area (Å²) in [4.78, 5) is 13.0. The van der Waals surface area contributed by atoms with Gasteiger partial charge < -0.3 is 14.2 Å². The van der Waals surface area contributed by atoms with Crippen LogP contribution in [-0.4, -0.2) is 15.0 Å². The van der Waals surface area contributed by atoms with Gasteiger partial charge in [-0.2, -0.15) is 0 Å². The summed E-state index contributed by atoms with van der Waals surface area (Å²) in [5.74, 6) is 1.76. The Labute approximate surface area is 205 Å². The fourth-order valence-corrected chi connectivity index (χ4v) is 3.25. The average Bonchev–Trinajstić information content (AvgIpc) is 2.81. The minimum Gasteiger partial charge on any atom is -0.424 e. The van der Waals surface area contributed by atoms with Crippen LogP contribution in [0.5, 0.6) is 35.3 Å². The van der Waals surface area contributed by atoms with E-state index in [0.29, 0.717) is 17.2 Å². The molecule has 176 valence electrons. The maximum atomic E-state index is 5.91. The second kappa shape index (κ2) is 11.1. The molecule has 0 spiro atoms. The summed E-state index contributed by atoms with van der Waals surface area (Å²) in [6.07, 6.45) is 2.90. The van der Waals surface area contributed by atoms with E-state index in [4.69, 9.17) is 14.2 Å². The zero-order valence-electron chi connectivity index (χ0n) is 20.1. The molecule has 0 aliphatic heterocycles. The topological polar surface area (TPSA) is 66.4 Å². The molecule has 35 heavy (non-hydrogen) atoms. The van der Waals surface area contributed by atoms with Gasteiger partial charge in [0, 0.05) is 0 Å². The Bertz CT molecular complexity index is 1310. The quantitative estimate of drug-likeness (QED) is 0.235. The van der Waals surface area contributed by atoms with Gasteiger partial charge in [0.2, 0.25) is 0 Å². The van der Waals surface area contributed by atoms with Crippen LogP contribution in [0.4, 0.5) is 0 Å². The first kappa shape index (κ1) is 23.7. The zero-order chi connectivity index (χ0) is 24.6. The molecule has 4 rings (SSSR count). The standard InChI is InChI=1S/C29H27N3O3/c1-20(2)18-22-10-14-25(15-11-22)34-28-30-27(33-24-8-6-5-7-9-24)31-29(32-28)35-26-16-12-23(13-17-26)19-21(3)4/h5-17,19H,1,18H2,2-4H3. The van der Waals surface area contributed by atoms with E-state index in [-0.39, 0.29) is 18.0 Å². The Kier molecular flexibility index (Phi) is 7.53. The highest BCUT2D eigenvalue weighted by atomic mass is 16.5. The van der Waals surface area contributed by atoms with Gasteiger partial charge in [0.15, 0.2) is 0 Å². The highest BCUT2D eigenvalue weighted by molar-refractivity contribution is 5.53. The summed E-state index contributed by atoms with van der Waals surface area (Å²) in [7, 11) is 0. The number of ether oxygens (including phenoxy) is 3. The van der Waals surface area contributed by atoms with Crippen molar-refractivity contribution in [2.45, 2.75) is 27.2 Å². The number of nitrogens with zero attached hydrogens (tertiary/aromatic N) is 3. The SMILES string of the molecule is C=C(C)Cc1ccc(Oc2nc(Oc3ccccc3)nc(Oc3ccc(C=C(C)C)cc3)n2)cc1. The zero-order valence-corrected chi connectivity index (χ0v) is 20.1. The van der Waals surface area contributed by atoms with E-state index in [1.54, 1.807) is 0 Å². The van der Waals surface area contributed by atoms with Gasteiger partial charge in [-0.15, -0.1) is 15.0 Å². The molecule has 0 fully saturated rings. The number of hydrogen-bond donors (Lipinski definition) is 0. The molecule has 3 aromatic carbocycles. The number of aromatic nitrogens is 3. The van der Waals surface area contributed by atoms with Gasteiger partial charge in [-0.05, 0) is 74.7 Å². The second-order valence-electron chi connectivity index (χ2n) is 8.37. The van der Waals surface area contributed by atoms with Crippen molar-refractivity contribution in [3.05, 3.63) is 108 Å². The third-order valence-corrected chi connectivity index (χ3v) is 4.71. The first-order valence-corrected chi connectivity index (χ1v) is 11.3. The monoisotopic (exact) mass is 465 g/mol. The van der Waals surface area contributed by atoms with Gasteiger partial charge in [-0.3, -0.25) is 0 Å². The number of benzene rings is 3. The minimum atomic E-state index is 0.0646. The van der Waals surface area contributed by atoms with Crippen molar-refractivity contribution in [1.82, 2.24) is 15.0 Å². The number of allylic oxidation sites excluding steroid dienone is 2. The average molecular weight is 466 g/mol. The predicted octanol–water partition coefficient (Wildman–Crippen LogP) is 7.79. The Hall–Kier alpha value is -4.45. The fourth-order valence-electron chi connectivity index (χ4n) is 3.25. The fraction of sp³-hybridized carbons (Fsp3) is 0.138. The van der Waals surface area contributed by atoms with Crippen LogP contribution in [-0.2, 0) is 6.42 Å². The van der Waals surface area contributed by atoms with E-state index in [1.165, 1.54) is 5.57 Å². The molecule has 0 N–H and O–H groups in total. The molecule has 0 saturated heterocycles. The lowest BCUT2D eigenvalue weighted by molar-refractivity contribution is 0.362. The van der Waals surface area contributed by atoms with Crippen LogP contribution in [0.15, 0.2) is 96.6 Å². The third kappa shape index (κ3) is 7.27. The van der Waals surface area contributed by atoms with Crippen molar-refractivity contribution in [2.24, 2.45) is 0 Å². The van der Waals surface area contributed by atoms with Crippen molar-refractivity contribution in [3.8, 4) is 35.3 Å². The molecule has 6 heteroatoms. The highest BCUT2D eigenvalue weighted by Crippen LogP contribution is 2.27. The number of para-hydroxylation sites is 1. The first-order valence-electron chi connectivity index (χ1n) is 11.3. The van der Waals surface area contributed by atoms with Gasteiger partial charge in [0.05, 0.1) is 0 Å². The molecule has 0 aliphatic rings. The Morgan fingerprint density at radius 3 is 1.57 bits per heavy atom. The van der Waals surface area contributed by atoms with Gasteiger partial charge in [-0.1, -0.05) is 66.3 Å². The number of hydrogen-bond acceptors (Lipinski definition) is 6. The second-order valence-corrected chi connectivity index (χ2v) is 8.37. The van der Waals surface area contributed by atoms with E-state index < -0.39 is 0 Å². The molecular formula is C29H27N3O3. The van der Waals surface area contributed by atoms with Crippen LogP contribution >= 0.6 is 0 Å². The molecule has 0 atom stereocenters. The predicted molar refractivity (Wildman–Crippen MR) is 137 cm³/mol. The molecule has 0 saturated carbocycles. The van der Waals surface area contributed by atoms with E-state index in [9.17, 15) is 0 Å². The van der Waals surface area contributed by atoms with Crippen LogP contribution < -0.4 is 14.2 Å². The lowest BCUT2D eigenvalue weighted by Crippen LogP contribution is -2.01. The minimum absolute atomic E-state index is 0.0646. The Morgan fingerprint density at radius 2 is 1.11 bits per heavy atom. The summed E-state index contributed by atoms with van der Waals surface area (Å²) in [6.45, 7) is 10.1. The summed E-state index contributed by atoms with van der Waals surface area (Å²) in [5.41, 5.74) is 4.54. The molecule has 0 radical (unpaired) electrons. The molecule has 0 unspecified atom stereocenters. The van der Waals surface area contributed by atoms with Gasteiger partial charge in [0.1, 0.15) is 17.2 Å². The smallest absolute Gasteiger partial charge is 0.331 e. The van der Waals surface area contributed by atoms with E-state index in [0.717, 1.165) is 23.1 Å². The maximum Gasteiger partial charge on any atom is 0.331 e. The molecular weight excluding hydrogens is 438 g/mol. The highest BCUT2D eigenvalue weighted by Gasteiger charge is 2.13. The van der Waals surface area contributed by atoms with Crippen LogP contribution in [0.3, 0.4) is 0 Å². The summed E-state index contributed by atoms with van der Waals surface area (Å²) >= 11 is 0. The molecule has 1 aromatic heterocycles. The summed E-state index contributed by atoms with van der Waals surface area (Å²) in [5, 5.41) is 0. The van der Waals surface area contributed by atoms with Gasteiger partial charge >= 0.3 is 18.0 Å². The van der Waals surface area contributed by atoms with Crippen LogP contribution in [0.25, 0.3) is 6.08 Å². The van der Waals surface area contributed by atoms with Crippen molar-refractivity contribution in [1.29, 1.82) is 0 Å². The van der Waals surface area contributed by atoms with E-state index in [2.05, 4.69) is 41.5 Å². The van der Waals surface area contributed by atoms with Crippen LogP contribution in [0.1, 0.15) is 31.9 Å². The summed E-state index contributed by atoms with van der Waals surface area (Å²) in [6, 6.07) is 24.8.